The van der Waals surface area contributed by atoms with E-state index < -0.39 is 24.8 Å². The lowest BCUT2D eigenvalue weighted by atomic mass is 9.69. The van der Waals surface area contributed by atoms with Crippen molar-refractivity contribution >= 4 is 18.6 Å². The van der Waals surface area contributed by atoms with Crippen LogP contribution in [0, 0.1) is 12.3 Å². The van der Waals surface area contributed by atoms with Crippen LogP contribution >= 0.6 is 0 Å². The van der Waals surface area contributed by atoms with Crippen LogP contribution in [0.2, 0.25) is 0 Å². The Bertz CT molecular complexity index is 618. The van der Waals surface area contributed by atoms with Crippen LogP contribution in [0.25, 0.3) is 0 Å². The summed E-state index contributed by atoms with van der Waals surface area (Å²) in [5.41, 5.74) is -0.876. The van der Waals surface area contributed by atoms with Crippen molar-refractivity contribution in [2.75, 3.05) is 13.2 Å². The fraction of sp³-hybridized carbons (Fsp3) is 0.562. The number of hydrogen-bond acceptors (Lipinski definition) is 4. The third kappa shape index (κ3) is 4.30. The van der Waals surface area contributed by atoms with E-state index in [1.165, 1.54) is 26.0 Å². The van der Waals surface area contributed by atoms with Crippen LogP contribution in [0.1, 0.15) is 37.5 Å². The molecule has 1 aromatic carbocycles. The summed E-state index contributed by atoms with van der Waals surface area (Å²) in [6.07, 6.45) is -4.56. The molecule has 1 heterocycles. The van der Waals surface area contributed by atoms with Gasteiger partial charge in [0.2, 0.25) is 0 Å². The summed E-state index contributed by atoms with van der Waals surface area (Å²) in [5, 5.41) is 0. The van der Waals surface area contributed by atoms with Crippen molar-refractivity contribution in [2.24, 2.45) is 5.41 Å². The van der Waals surface area contributed by atoms with E-state index in [4.69, 9.17) is 14.0 Å². The first kappa shape index (κ1) is 18.8. The van der Waals surface area contributed by atoms with E-state index in [1.54, 1.807) is 0 Å². The summed E-state index contributed by atoms with van der Waals surface area (Å²) in [4.78, 5) is 11.0. The van der Waals surface area contributed by atoms with Crippen LogP contribution in [0.15, 0.2) is 12.1 Å². The lowest BCUT2D eigenvalue weighted by Gasteiger charge is -2.34. The number of rotatable bonds is 3. The predicted octanol–water partition coefficient (Wildman–Crippen LogP) is 2.85. The van der Waals surface area contributed by atoms with Gasteiger partial charge in [-0.1, -0.05) is 26.0 Å². The van der Waals surface area contributed by atoms with Crippen LogP contribution in [0.4, 0.5) is 13.2 Å². The quantitative estimate of drug-likeness (QED) is 0.625. The number of halogens is 3. The Morgan fingerprint density at radius 3 is 2.38 bits per heavy atom. The zero-order valence-electron chi connectivity index (χ0n) is 14.1. The highest BCUT2D eigenvalue weighted by molar-refractivity contribution is 6.62. The van der Waals surface area contributed by atoms with Crippen molar-refractivity contribution in [2.45, 2.75) is 40.5 Å². The van der Waals surface area contributed by atoms with E-state index in [0.29, 0.717) is 0 Å². The van der Waals surface area contributed by atoms with E-state index in [9.17, 15) is 18.0 Å². The topological polar surface area (TPSA) is 44.8 Å². The third-order valence-corrected chi connectivity index (χ3v) is 3.75. The standard InChI is InChI=1S/C16H20BF3O4/c1-10-5-6-12(7-22-11(2)21)14(13(10)16(18,19)20)17-23-8-15(3,4)9-24-17/h5-6H,7-9H2,1-4H3. The molecule has 1 aromatic rings. The molecule has 0 spiro atoms. The molecule has 132 valence electrons. The van der Waals surface area contributed by atoms with Crippen molar-refractivity contribution in [3.8, 4) is 0 Å². The molecule has 8 heteroatoms. The Morgan fingerprint density at radius 2 is 1.88 bits per heavy atom. The van der Waals surface area contributed by atoms with Crippen molar-refractivity contribution in [3.63, 3.8) is 0 Å². The van der Waals surface area contributed by atoms with Crippen LogP contribution in [0.3, 0.4) is 0 Å². The molecule has 0 atom stereocenters. The zero-order chi connectivity index (χ0) is 18.1. The maximum absolute atomic E-state index is 13.6. The lowest BCUT2D eigenvalue weighted by molar-refractivity contribution is -0.142. The minimum atomic E-state index is -4.56. The van der Waals surface area contributed by atoms with Gasteiger partial charge in [-0.05, 0) is 18.1 Å². The number of hydrogen-bond donors (Lipinski definition) is 0. The largest absolute Gasteiger partial charge is 0.494 e. The Hall–Kier alpha value is -1.54. The van der Waals surface area contributed by atoms with E-state index in [1.807, 2.05) is 13.8 Å². The van der Waals surface area contributed by atoms with Crippen molar-refractivity contribution in [1.29, 1.82) is 0 Å². The lowest BCUT2D eigenvalue weighted by Crippen LogP contribution is -2.51. The van der Waals surface area contributed by atoms with Crippen LogP contribution in [-0.2, 0) is 31.6 Å². The van der Waals surface area contributed by atoms with Gasteiger partial charge >= 0.3 is 19.3 Å². The molecule has 0 aromatic heterocycles. The highest BCUT2D eigenvalue weighted by Crippen LogP contribution is 2.33. The molecule has 0 unspecified atom stereocenters. The highest BCUT2D eigenvalue weighted by Gasteiger charge is 2.43. The Labute approximate surface area is 139 Å². The van der Waals surface area contributed by atoms with Gasteiger partial charge < -0.3 is 14.0 Å². The molecular formula is C16H20BF3O4. The summed E-state index contributed by atoms with van der Waals surface area (Å²) in [5.74, 6) is -0.568. The highest BCUT2D eigenvalue weighted by atomic mass is 19.4. The maximum Gasteiger partial charge on any atom is 0.494 e. The number of alkyl halides is 3. The summed E-state index contributed by atoms with van der Waals surface area (Å²) in [6, 6.07) is 2.87. The number of benzene rings is 1. The molecule has 24 heavy (non-hydrogen) atoms. The second-order valence-corrected chi connectivity index (χ2v) is 6.73. The minimum Gasteiger partial charge on any atom is -0.461 e. The van der Waals surface area contributed by atoms with Gasteiger partial charge in [-0.25, -0.2) is 0 Å². The number of esters is 1. The Balaban J connectivity index is 2.47. The van der Waals surface area contributed by atoms with Gasteiger partial charge in [0, 0.05) is 31.0 Å². The third-order valence-electron chi connectivity index (χ3n) is 3.75. The van der Waals surface area contributed by atoms with E-state index in [-0.39, 0.29) is 41.8 Å². The molecule has 1 aliphatic heterocycles. The monoisotopic (exact) mass is 344 g/mol. The first-order chi connectivity index (χ1) is 11.0. The van der Waals surface area contributed by atoms with Gasteiger partial charge in [0.15, 0.2) is 0 Å². The molecule has 0 aliphatic carbocycles. The average Bonchev–Trinajstić information content (AvgIpc) is 2.44. The second-order valence-electron chi connectivity index (χ2n) is 6.73. The van der Waals surface area contributed by atoms with E-state index >= 15 is 0 Å². The van der Waals surface area contributed by atoms with Gasteiger partial charge in [0.1, 0.15) is 6.61 Å². The number of carbonyl (C=O) groups is 1. The summed E-state index contributed by atoms with van der Waals surface area (Å²) in [6.45, 7) is 6.68. The fourth-order valence-corrected chi connectivity index (χ4v) is 2.58. The van der Waals surface area contributed by atoms with Crippen LogP contribution < -0.4 is 5.46 Å². The van der Waals surface area contributed by atoms with Crippen molar-refractivity contribution in [1.82, 2.24) is 0 Å². The molecular weight excluding hydrogens is 324 g/mol. The molecule has 2 rings (SSSR count). The first-order valence-corrected chi connectivity index (χ1v) is 7.57. The van der Waals surface area contributed by atoms with Crippen LogP contribution in [-0.4, -0.2) is 26.3 Å². The number of carbonyl (C=O) groups excluding carboxylic acids is 1. The zero-order valence-corrected chi connectivity index (χ0v) is 14.1. The number of aryl methyl sites for hydroxylation is 1. The molecule has 0 amide bonds. The van der Waals surface area contributed by atoms with Crippen LogP contribution in [0.5, 0.6) is 0 Å². The summed E-state index contributed by atoms with van der Waals surface area (Å²) >= 11 is 0. The second kappa shape index (κ2) is 6.76. The van der Waals surface area contributed by atoms with Gasteiger partial charge in [-0.2, -0.15) is 13.2 Å². The van der Waals surface area contributed by atoms with Crippen molar-refractivity contribution < 1.29 is 32.0 Å². The molecule has 0 N–H and O–H groups in total. The SMILES string of the molecule is CC(=O)OCc1ccc(C)c(C(F)(F)F)c1B1OCC(C)(C)CO1. The number of ether oxygens (including phenoxy) is 1. The molecule has 0 bridgehead atoms. The molecule has 1 saturated heterocycles. The maximum atomic E-state index is 13.6. The van der Waals surface area contributed by atoms with Gasteiger partial charge in [0.25, 0.3) is 0 Å². The molecule has 0 saturated carbocycles. The summed E-state index contributed by atoms with van der Waals surface area (Å²) < 4.78 is 56.7. The molecule has 1 aliphatic rings. The first-order valence-electron chi connectivity index (χ1n) is 7.57. The van der Waals surface area contributed by atoms with Gasteiger partial charge in [-0.3, -0.25) is 4.79 Å². The van der Waals surface area contributed by atoms with Gasteiger partial charge in [0.05, 0.1) is 5.56 Å². The normalized spacial score (nSPS) is 17.7. The Kier molecular flexibility index (Phi) is 5.30. The smallest absolute Gasteiger partial charge is 0.461 e. The summed E-state index contributed by atoms with van der Waals surface area (Å²) in [7, 11) is -1.14. The molecule has 1 fully saturated rings. The minimum absolute atomic E-state index is 0.0705. The fourth-order valence-electron chi connectivity index (χ4n) is 2.58. The van der Waals surface area contributed by atoms with E-state index in [2.05, 4.69) is 0 Å². The predicted molar refractivity (Wildman–Crippen MR) is 82.7 cm³/mol. The van der Waals surface area contributed by atoms with Crippen molar-refractivity contribution in [3.05, 3.63) is 28.8 Å². The average molecular weight is 344 g/mol. The molecule has 4 nitrogen and oxygen atoms in total. The van der Waals surface area contributed by atoms with E-state index in [0.717, 1.165) is 0 Å². The van der Waals surface area contributed by atoms with Gasteiger partial charge in [-0.15, -0.1) is 0 Å². The Morgan fingerprint density at radius 1 is 1.29 bits per heavy atom. The molecule has 0 radical (unpaired) electrons.